The maximum atomic E-state index is 11.8. The van der Waals surface area contributed by atoms with Crippen molar-refractivity contribution in [3.8, 4) is 0 Å². The van der Waals surface area contributed by atoms with Crippen LogP contribution >= 0.6 is 0 Å². The number of nitrogens with two attached hydrogens (primary N) is 1. The fraction of sp³-hybridized carbons (Fsp3) is 0.444. The van der Waals surface area contributed by atoms with Gasteiger partial charge in [0.2, 0.25) is 0 Å². The highest BCUT2D eigenvalue weighted by molar-refractivity contribution is 5.31. The molecule has 2 aromatic heterocycles. The quantitative estimate of drug-likeness (QED) is 0.708. The molecule has 0 spiro atoms. The van der Waals surface area contributed by atoms with Gasteiger partial charge >= 0.3 is 5.69 Å². The number of rotatable bonds is 4. The highest BCUT2D eigenvalue weighted by Crippen LogP contribution is 1.93. The Hall–Kier alpha value is -1.73. The number of hydrogen-bond donors (Lipinski definition) is 1. The number of aromatic nitrogens is 4. The Morgan fingerprint density at radius 3 is 3.12 bits per heavy atom. The van der Waals surface area contributed by atoms with Crippen LogP contribution in [0.1, 0.15) is 0 Å². The molecule has 86 valence electrons. The molecule has 0 aliphatic carbocycles. The van der Waals surface area contributed by atoms with Crippen LogP contribution in [0.3, 0.4) is 0 Å². The number of fused-ring (bicyclic) bond motifs is 1. The van der Waals surface area contributed by atoms with Crippen molar-refractivity contribution in [2.45, 2.75) is 12.6 Å². The SMILES string of the molecule is COCC(N)Cn1nc2cnccn2c1=O. The van der Waals surface area contributed by atoms with E-state index in [-0.39, 0.29) is 11.7 Å². The molecule has 0 amide bonds. The molecule has 0 saturated heterocycles. The third-order valence-electron chi connectivity index (χ3n) is 2.18. The van der Waals surface area contributed by atoms with Crippen molar-refractivity contribution >= 4 is 5.65 Å². The van der Waals surface area contributed by atoms with Gasteiger partial charge in [-0.05, 0) is 0 Å². The zero-order chi connectivity index (χ0) is 11.5. The van der Waals surface area contributed by atoms with Crippen LogP contribution < -0.4 is 11.4 Å². The van der Waals surface area contributed by atoms with Gasteiger partial charge in [-0.25, -0.2) is 13.9 Å². The highest BCUT2D eigenvalue weighted by atomic mass is 16.5. The van der Waals surface area contributed by atoms with E-state index in [2.05, 4.69) is 10.1 Å². The van der Waals surface area contributed by atoms with E-state index in [1.807, 2.05) is 0 Å². The molecule has 1 unspecified atom stereocenters. The first-order chi connectivity index (χ1) is 7.72. The molecule has 2 N–H and O–H groups in total. The number of ether oxygens (including phenoxy) is 1. The van der Waals surface area contributed by atoms with E-state index in [1.165, 1.54) is 21.5 Å². The summed E-state index contributed by atoms with van der Waals surface area (Å²) in [5, 5.41) is 4.10. The van der Waals surface area contributed by atoms with Crippen molar-refractivity contribution < 1.29 is 4.74 Å². The van der Waals surface area contributed by atoms with E-state index < -0.39 is 0 Å². The van der Waals surface area contributed by atoms with E-state index in [0.717, 1.165) is 0 Å². The van der Waals surface area contributed by atoms with Gasteiger partial charge in [0.05, 0.1) is 19.3 Å². The predicted molar refractivity (Wildman–Crippen MR) is 57.1 cm³/mol. The van der Waals surface area contributed by atoms with Crippen LogP contribution in [0, 0.1) is 0 Å². The van der Waals surface area contributed by atoms with Crippen LogP contribution in [0.2, 0.25) is 0 Å². The van der Waals surface area contributed by atoms with E-state index in [0.29, 0.717) is 18.8 Å². The van der Waals surface area contributed by atoms with Crippen LogP contribution in [-0.4, -0.2) is 38.9 Å². The van der Waals surface area contributed by atoms with Gasteiger partial charge in [-0.15, -0.1) is 5.10 Å². The van der Waals surface area contributed by atoms with Crippen molar-refractivity contribution in [2.75, 3.05) is 13.7 Å². The van der Waals surface area contributed by atoms with Crippen molar-refractivity contribution in [2.24, 2.45) is 5.73 Å². The average molecular weight is 223 g/mol. The Morgan fingerprint density at radius 2 is 2.44 bits per heavy atom. The van der Waals surface area contributed by atoms with Gasteiger partial charge in [-0.1, -0.05) is 0 Å². The summed E-state index contributed by atoms with van der Waals surface area (Å²) >= 11 is 0. The van der Waals surface area contributed by atoms with E-state index in [1.54, 1.807) is 13.3 Å². The van der Waals surface area contributed by atoms with Crippen LogP contribution in [-0.2, 0) is 11.3 Å². The summed E-state index contributed by atoms with van der Waals surface area (Å²) in [7, 11) is 1.57. The lowest BCUT2D eigenvalue weighted by Gasteiger charge is -2.08. The third-order valence-corrected chi connectivity index (χ3v) is 2.18. The van der Waals surface area contributed by atoms with E-state index in [9.17, 15) is 4.79 Å². The zero-order valence-electron chi connectivity index (χ0n) is 8.91. The van der Waals surface area contributed by atoms with Gasteiger partial charge in [0, 0.05) is 25.5 Å². The summed E-state index contributed by atoms with van der Waals surface area (Å²) in [5.41, 5.74) is 6.05. The van der Waals surface area contributed by atoms with Crippen LogP contribution in [0.4, 0.5) is 0 Å². The first kappa shape index (κ1) is 10.8. The van der Waals surface area contributed by atoms with Gasteiger partial charge in [0.1, 0.15) is 0 Å². The second-order valence-corrected chi connectivity index (χ2v) is 3.48. The molecule has 0 aromatic carbocycles. The minimum absolute atomic E-state index is 0.219. The lowest BCUT2D eigenvalue weighted by Crippen LogP contribution is -2.35. The molecule has 16 heavy (non-hydrogen) atoms. The maximum absolute atomic E-state index is 11.8. The van der Waals surface area contributed by atoms with Gasteiger partial charge < -0.3 is 10.5 Å². The van der Waals surface area contributed by atoms with Crippen LogP contribution in [0.5, 0.6) is 0 Å². The van der Waals surface area contributed by atoms with Gasteiger partial charge in [-0.2, -0.15) is 0 Å². The molecule has 7 nitrogen and oxygen atoms in total. The van der Waals surface area contributed by atoms with E-state index in [4.69, 9.17) is 10.5 Å². The molecular weight excluding hydrogens is 210 g/mol. The average Bonchev–Trinajstić information content (AvgIpc) is 2.57. The second-order valence-electron chi connectivity index (χ2n) is 3.48. The number of hydrogen-bond acceptors (Lipinski definition) is 5. The monoisotopic (exact) mass is 223 g/mol. The summed E-state index contributed by atoms with van der Waals surface area (Å²) < 4.78 is 7.65. The molecule has 0 aliphatic rings. The normalized spacial score (nSPS) is 13.1. The molecule has 7 heteroatoms. The van der Waals surface area contributed by atoms with Crippen molar-refractivity contribution in [3.05, 3.63) is 29.1 Å². The minimum Gasteiger partial charge on any atom is -0.383 e. The molecule has 0 aliphatic heterocycles. The lowest BCUT2D eigenvalue weighted by molar-refractivity contribution is 0.171. The largest absolute Gasteiger partial charge is 0.383 e. The Balaban J connectivity index is 2.31. The van der Waals surface area contributed by atoms with Crippen LogP contribution in [0.15, 0.2) is 23.4 Å². The number of methoxy groups -OCH3 is 1. The highest BCUT2D eigenvalue weighted by Gasteiger charge is 2.09. The first-order valence-electron chi connectivity index (χ1n) is 4.86. The summed E-state index contributed by atoms with van der Waals surface area (Å²) in [4.78, 5) is 15.7. The molecule has 2 aromatic rings. The summed E-state index contributed by atoms with van der Waals surface area (Å²) in [6.45, 7) is 0.715. The summed E-state index contributed by atoms with van der Waals surface area (Å²) in [5.74, 6) is 0. The standard InChI is InChI=1S/C9H13N5O2/c1-16-6-7(10)5-14-9(15)13-3-2-11-4-8(13)12-14/h2-4,7H,5-6,10H2,1H3. The smallest absolute Gasteiger partial charge is 0.350 e. The fourth-order valence-electron chi connectivity index (χ4n) is 1.49. The molecule has 2 heterocycles. The Bertz CT molecular complexity index is 532. The third kappa shape index (κ3) is 1.95. The molecule has 1 atom stereocenters. The van der Waals surface area contributed by atoms with Gasteiger partial charge in [-0.3, -0.25) is 4.98 Å². The molecular formula is C9H13N5O2. The summed E-state index contributed by atoms with van der Waals surface area (Å²) in [6.07, 6.45) is 4.64. The molecule has 2 rings (SSSR count). The Morgan fingerprint density at radius 1 is 1.62 bits per heavy atom. The van der Waals surface area contributed by atoms with Gasteiger partial charge in [0.25, 0.3) is 0 Å². The van der Waals surface area contributed by atoms with Crippen molar-refractivity contribution in [1.82, 2.24) is 19.2 Å². The first-order valence-corrected chi connectivity index (χ1v) is 4.86. The molecule has 0 bridgehead atoms. The molecule has 0 saturated carbocycles. The number of nitrogens with zero attached hydrogens (tertiary/aromatic N) is 4. The maximum Gasteiger partial charge on any atom is 0.350 e. The summed E-state index contributed by atoms with van der Waals surface area (Å²) in [6, 6.07) is -0.249. The Kier molecular flexibility index (Phi) is 2.97. The van der Waals surface area contributed by atoms with E-state index >= 15 is 0 Å². The van der Waals surface area contributed by atoms with Crippen molar-refractivity contribution in [1.29, 1.82) is 0 Å². The Labute approximate surface area is 91.5 Å². The fourth-order valence-corrected chi connectivity index (χ4v) is 1.49. The second kappa shape index (κ2) is 4.42. The zero-order valence-corrected chi connectivity index (χ0v) is 8.91. The predicted octanol–water partition coefficient (Wildman–Crippen LogP) is -1.14. The topological polar surface area (TPSA) is 87.4 Å². The van der Waals surface area contributed by atoms with Crippen LogP contribution in [0.25, 0.3) is 5.65 Å². The van der Waals surface area contributed by atoms with Crippen molar-refractivity contribution in [3.63, 3.8) is 0 Å². The lowest BCUT2D eigenvalue weighted by atomic mass is 10.3. The minimum atomic E-state index is -0.249. The molecule has 0 fully saturated rings. The molecule has 0 radical (unpaired) electrons. The van der Waals surface area contributed by atoms with Gasteiger partial charge in [0.15, 0.2) is 5.65 Å².